The van der Waals surface area contributed by atoms with Crippen LogP contribution in [0.4, 0.5) is 0 Å². The van der Waals surface area contributed by atoms with Gasteiger partial charge in [0.1, 0.15) is 5.76 Å². The molecule has 1 aliphatic carbocycles. The van der Waals surface area contributed by atoms with Crippen molar-refractivity contribution in [3.05, 3.63) is 17.5 Å². The number of hydrogen-bond donors (Lipinski definition) is 0. The highest BCUT2D eigenvalue weighted by molar-refractivity contribution is 5.92. The maximum absolute atomic E-state index is 12.8. The van der Waals surface area contributed by atoms with Crippen LogP contribution >= 0.6 is 0 Å². The molecule has 6 heteroatoms. The third-order valence-corrected chi connectivity index (χ3v) is 5.56. The molecule has 0 aromatic carbocycles. The van der Waals surface area contributed by atoms with Crippen molar-refractivity contribution in [2.75, 3.05) is 33.3 Å². The van der Waals surface area contributed by atoms with Gasteiger partial charge < -0.3 is 19.1 Å². The maximum atomic E-state index is 12.8. The molecule has 0 radical (unpaired) electrons. The van der Waals surface area contributed by atoms with Gasteiger partial charge >= 0.3 is 0 Å². The molecule has 3 heterocycles. The van der Waals surface area contributed by atoms with Gasteiger partial charge in [-0.05, 0) is 32.1 Å². The summed E-state index contributed by atoms with van der Waals surface area (Å²) in [6.45, 7) is 5.73. The summed E-state index contributed by atoms with van der Waals surface area (Å²) in [6.07, 6.45) is 3.88. The Kier molecular flexibility index (Phi) is 3.89. The molecule has 1 saturated carbocycles. The first-order chi connectivity index (χ1) is 11.2. The minimum Gasteiger partial charge on any atom is -0.381 e. The molecule has 6 nitrogen and oxygen atoms in total. The zero-order valence-corrected chi connectivity index (χ0v) is 13.9. The van der Waals surface area contributed by atoms with Gasteiger partial charge in [0.15, 0.2) is 5.69 Å². The fourth-order valence-corrected chi connectivity index (χ4v) is 4.21. The lowest BCUT2D eigenvalue weighted by molar-refractivity contribution is -0.0159. The van der Waals surface area contributed by atoms with Crippen LogP contribution in [0.15, 0.2) is 10.6 Å². The van der Waals surface area contributed by atoms with Crippen molar-refractivity contribution in [1.82, 2.24) is 15.0 Å². The van der Waals surface area contributed by atoms with Crippen LogP contribution in [-0.4, -0.2) is 66.3 Å². The predicted octanol–water partition coefficient (Wildman–Crippen LogP) is 1.55. The van der Waals surface area contributed by atoms with Gasteiger partial charge in [-0.3, -0.25) is 4.79 Å². The molecule has 0 unspecified atom stereocenters. The fraction of sp³-hybridized carbons (Fsp3) is 0.765. The molecular weight excluding hydrogens is 294 g/mol. The van der Waals surface area contributed by atoms with Crippen molar-refractivity contribution >= 4 is 5.91 Å². The average Bonchev–Trinajstić information content (AvgIpc) is 3.07. The number of carbonyl (C=O) groups is 1. The van der Waals surface area contributed by atoms with Crippen LogP contribution in [0, 0.1) is 18.8 Å². The van der Waals surface area contributed by atoms with Crippen molar-refractivity contribution in [2.24, 2.45) is 11.8 Å². The molecule has 2 aliphatic heterocycles. The highest BCUT2D eigenvalue weighted by Crippen LogP contribution is 2.36. The largest absolute Gasteiger partial charge is 0.381 e. The number of likely N-dealkylation sites (tertiary alicyclic amines) is 2. The van der Waals surface area contributed by atoms with E-state index in [9.17, 15) is 4.79 Å². The zero-order valence-electron chi connectivity index (χ0n) is 13.9. The van der Waals surface area contributed by atoms with E-state index < -0.39 is 0 Å². The molecule has 2 saturated heterocycles. The minimum absolute atomic E-state index is 0.000301. The van der Waals surface area contributed by atoms with E-state index >= 15 is 0 Å². The number of piperidine rings is 1. The molecule has 3 atom stereocenters. The second-order valence-electron chi connectivity index (χ2n) is 7.28. The number of ether oxygens (including phenoxy) is 1. The molecule has 3 fully saturated rings. The van der Waals surface area contributed by atoms with Gasteiger partial charge in [0.2, 0.25) is 0 Å². The first kappa shape index (κ1) is 15.1. The summed E-state index contributed by atoms with van der Waals surface area (Å²) in [5, 5.41) is 3.91. The SMILES string of the molecule is CO[C@H]1CCN(C(=O)c2cc(C)on2)[C@@H]2CN(CC3CC3)C[C@H]12. The number of methoxy groups -OCH3 is 1. The average molecular weight is 319 g/mol. The lowest BCUT2D eigenvalue weighted by Gasteiger charge is -2.40. The topological polar surface area (TPSA) is 58.8 Å². The van der Waals surface area contributed by atoms with Crippen LogP contribution in [0.25, 0.3) is 0 Å². The minimum atomic E-state index is -0.000301. The van der Waals surface area contributed by atoms with E-state index in [1.807, 2.05) is 11.8 Å². The number of aryl methyl sites for hydroxylation is 1. The Hall–Kier alpha value is -1.40. The number of fused-ring (bicyclic) bond motifs is 1. The van der Waals surface area contributed by atoms with Gasteiger partial charge in [-0.1, -0.05) is 5.16 Å². The Balaban J connectivity index is 1.52. The molecular formula is C17H25N3O3. The summed E-state index contributed by atoms with van der Waals surface area (Å²) in [5.74, 6) is 1.96. The number of carbonyl (C=O) groups excluding carboxylic acids is 1. The van der Waals surface area contributed by atoms with Crippen LogP contribution < -0.4 is 0 Å². The lowest BCUT2D eigenvalue weighted by Crippen LogP contribution is -2.53. The summed E-state index contributed by atoms with van der Waals surface area (Å²) in [6, 6.07) is 1.97. The van der Waals surface area contributed by atoms with Gasteiger partial charge in [0, 0.05) is 45.3 Å². The van der Waals surface area contributed by atoms with E-state index in [0.29, 0.717) is 17.4 Å². The number of aromatic nitrogens is 1. The number of amides is 1. The Morgan fingerprint density at radius 3 is 2.87 bits per heavy atom. The van der Waals surface area contributed by atoms with Gasteiger partial charge in [-0.25, -0.2) is 0 Å². The van der Waals surface area contributed by atoms with Crippen molar-refractivity contribution in [3.63, 3.8) is 0 Å². The zero-order chi connectivity index (χ0) is 16.0. The fourth-order valence-electron chi connectivity index (χ4n) is 4.21. The second-order valence-corrected chi connectivity index (χ2v) is 7.28. The molecule has 1 aromatic heterocycles. The summed E-state index contributed by atoms with van der Waals surface area (Å²) in [5.41, 5.74) is 0.428. The monoisotopic (exact) mass is 319 g/mol. The van der Waals surface area contributed by atoms with Gasteiger partial charge in [-0.2, -0.15) is 0 Å². The van der Waals surface area contributed by atoms with Gasteiger partial charge in [0.25, 0.3) is 5.91 Å². The number of nitrogens with zero attached hydrogens (tertiary/aromatic N) is 3. The van der Waals surface area contributed by atoms with E-state index in [1.165, 1.54) is 19.4 Å². The summed E-state index contributed by atoms with van der Waals surface area (Å²) in [4.78, 5) is 17.4. The Bertz CT molecular complexity index is 583. The molecule has 23 heavy (non-hydrogen) atoms. The van der Waals surface area contributed by atoms with E-state index in [2.05, 4.69) is 10.1 Å². The van der Waals surface area contributed by atoms with E-state index in [1.54, 1.807) is 13.2 Å². The normalized spacial score (nSPS) is 31.4. The summed E-state index contributed by atoms with van der Waals surface area (Å²) < 4.78 is 10.8. The first-order valence-electron chi connectivity index (χ1n) is 8.65. The highest BCUT2D eigenvalue weighted by Gasteiger charge is 2.47. The third-order valence-electron chi connectivity index (χ3n) is 5.56. The Labute approximate surface area is 136 Å². The Morgan fingerprint density at radius 2 is 2.22 bits per heavy atom. The quantitative estimate of drug-likeness (QED) is 0.843. The molecule has 1 aromatic rings. The van der Waals surface area contributed by atoms with E-state index in [-0.39, 0.29) is 18.1 Å². The standard InChI is InChI=1S/C17H25N3O3/c1-11-7-14(18-23-11)17(21)20-6-5-16(22-2)13-9-19(10-15(13)20)8-12-3-4-12/h7,12-13,15-16H,3-6,8-10H2,1-2H3/t13-,15+,16-/m0/s1. The molecule has 1 amide bonds. The summed E-state index contributed by atoms with van der Waals surface area (Å²) in [7, 11) is 1.80. The van der Waals surface area contributed by atoms with Crippen molar-refractivity contribution in [1.29, 1.82) is 0 Å². The highest BCUT2D eigenvalue weighted by atomic mass is 16.5. The van der Waals surface area contributed by atoms with Gasteiger partial charge in [-0.15, -0.1) is 0 Å². The molecule has 0 bridgehead atoms. The predicted molar refractivity (Wildman–Crippen MR) is 84.1 cm³/mol. The van der Waals surface area contributed by atoms with Crippen LogP contribution in [0.1, 0.15) is 35.5 Å². The smallest absolute Gasteiger partial charge is 0.276 e. The number of rotatable bonds is 4. The third kappa shape index (κ3) is 2.90. The van der Waals surface area contributed by atoms with Crippen LogP contribution in [0.3, 0.4) is 0 Å². The van der Waals surface area contributed by atoms with Crippen LogP contribution in [0.2, 0.25) is 0 Å². The second kappa shape index (κ2) is 5.91. The van der Waals surface area contributed by atoms with Crippen LogP contribution in [-0.2, 0) is 4.74 Å². The van der Waals surface area contributed by atoms with Crippen molar-refractivity contribution in [3.8, 4) is 0 Å². The molecule has 126 valence electrons. The lowest BCUT2D eigenvalue weighted by atomic mass is 9.89. The molecule has 4 rings (SSSR count). The van der Waals surface area contributed by atoms with E-state index in [4.69, 9.17) is 9.26 Å². The van der Waals surface area contributed by atoms with Crippen molar-refractivity contribution < 1.29 is 14.1 Å². The molecule has 0 spiro atoms. The maximum Gasteiger partial charge on any atom is 0.276 e. The number of hydrogen-bond acceptors (Lipinski definition) is 5. The Morgan fingerprint density at radius 1 is 1.39 bits per heavy atom. The van der Waals surface area contributed by atoms with Gasteiger partial charge in [0.05, 0.1) is 12.1 Å². The molecule has 0 N–H and O–H groups in total. The van der Waals surface area contributed by atoms with E-state index in [0.717, 1.165) is 32.0 Å². The van der Waals surface area contributed by atoms with Crippen LogP contribution in [0.5, 0.6) is 0 Å². The van der Waals surface area contributed by atoms with Crippen molar-refractivity contribution in [2.45, 2.75) is 38.3 Å². The summed E-state index contributed by atoms with van der Waals surface area (Å²) >= 11 is 0. The first-order valence-corrected chi connectivity index (χ1v) is 8.65. The molecule has 3 aliphatic rings.